The summed E-state index contributed by atoms with van der Waals surface area (Å²) in [5.74, 6) is 0.835. The predicted octanol–water partition coefficient (Wildman–Crippen LogP) is 3.83. The molecule has 1 fully saturated rings. The first-order valence-corrected chi connectivity index (χ1v) is 8.01. The zero-order valence-corrected chi connectivity index (χ0v) is 13.3. The number of nitrogens with zero attached hydrogens (tertiary/aromatic N) is 1. The van der Waals surface area contributed by atoms with E-state index in [1.54, 1.807) is 0 Å². The van der Waals surface area contributed by atoms with E-state index in [4.69, 9.17) is 5.73 Å². The van der Waals surface area contributed by atoms with E-state index in [-0.39, 0.29) is 0 Å². The van der Waals surface area contributed by atoms with Crippen molar-refractivity contribution < 1.29 is 0 Å². The van der Waals surface area contributed by atoms with Crippen molar-refractivity contribution in [2.24, 2.45) is 17.1 Å². The summed E-state index contributed by atoms with van der Waals surface area (Å²) in [6.07, 6.45) is 3.95. The van der Waals surface area contributed by atoms with E-state index >= 15 is 0 Å². The molecule has 0 amide bonds. The molecule has 2 atom stereocenters. The lowest BCUT2D eigenvalue weighted by atomic mass is 9.77. The monoisotopic (exact) mass is 274 g/mol. The van der Waals surface area contributed by atoms with E-state index < -0.39 is 0 Å². The third-order valence-corrected chi connectivity index (χ3v) is 4.84. The number of benzene rings is 1. The molecule has 1 aromatic rings. The normalized spacial score (nSPS) is 23.3. The molecule has 1 saturated heterocycles. The zero-order valence-electron chi connectivity index (χ0n) is 13.3. The fraction of sp³-hybridized carbons (Fsp3) is 0.667. The minimum Gasteiger partial charge on any atom is -0.329 e. The SMILES string of the molecule is CC(C)(C)C1CCCN(C(CN)c2ccccc2)CC1. The molecule has 2 unspecified atom stereocenters. The molecule has 1 heterocycles. The predicted molar refractivity (Wildman–Crippen MR) is 86.6 cm³/mol. The van der Waals surface area contributed by atoms with Gasteiger partial charge in [0.1, 0.15) is 0 Å². The van der Waals surface area contributed by atoms with Crippen LogP contribution in [-0.2, 0) is 0 Å². The third kappa shape index (κ3) is 3.83. The molecule has 2 rings (SSSR count). The second-order valence-corrected chi connectivity index (χ2v) is 7.19. The van der Waals surface area contributed by atoms with Gasteiger partial charge in [-0.25, -0.2) is 0 Å². The van der Waals surface area contributed by atoms with Crippen LogP contribution in [0.5, 0.6) is 0 Å². The van der Waals surface area contributed by atoms with Crippen molar-refractivity contribution in [3.63, 3.8) is 0 Å². The van der Waals surface area contributed by atoms with Crippen molar-refractivity contribution in [1.29, 1.82) is 0 Å². The molecule has 112 valence electrons. The van der Waals surface area contributed by atoms with E-state index in [0.29, 0.717) is 18.0 Å². The van der Waals surface area contributed by atoms with Gasteiger partial charge in [-0.2, -0.15) is 0 Å². The highest BCUT2D eigenvalue weighted by Gasteiger charge is 2.29. The van der Waals surface area contributed by atoms with Crippen LogP contribution in [0.25, 0.3) is 0 Å². The van der Waals surface area contributed by atoms with Crippen molar-refractivity contribution in [1.82, 2.24) is 4.90 Å². The van der Waals surface area contributed by atoms with Crippen LogP contribution >= 0.6 is 0 Å². The quantitative estimate of drug-likeness (QED) is 0.907. The van der Waals surface area contributed by atoms with Gasteiger partial charge in [0.25, 0.3) is 0 Å². The van der Waals surface area contributed by atoms with Crippen molar-refractivity contribution in [3.8, 4) is 0 Å². The lowest BCUT2D eigenvalue weighted by Gasteiger charge is -2.32. The number of rotatable bonds is 3. The van der Waals surface area contributed by atoms with Crippen molar-refractivity contribution in [3.05, 3.63) is 35.9 Å². The molecule has 0 bridgehead atoms. The second-order valence-electron chi connectivity index (χ2n) is 7.19. The van der Waals surface area contributed by atoms with Crippen molar-refractivity contribution in [2.45, 2.75) is 46.1 Å². The molecule has 1 aliphatic rings. The van der Waals surface area contributed by atoms with Gasteiger partial charge in [-0.3, -0.25) is 4.90 Å². The summed E-state index contributed by atoms with van der Waals surface area (Å²) in [6.45, 7) is 10.2. The van der Waals surface area contributed by atoms with E-state index in [1.807, 2.05) is 0 Å². The highest BCUT2D eigenvalue weighted by molar-refractivity contribution is 5.19. The average Bonchev–Trinajstić information content (AvgIpc) is 2.67. The fourth-order valence-electron chi connectivity index (χ4n) is 3.47. The number of nitrogens with two attached hydrogens (primary N) is 1. The van der Waals surface area contributed by atoms with E-state index in [0.717, 1.165) is 5.92 Å². The zero-order chi connectivity index (χ0) is 14.6. The maximum atomic E-state index is 6.07. The molecule has 20 heavy (non-hydrogen) atoms. The van der Waals surface area contributed by atoms with Gasteiger partial charge in [-0.05, 0) is 49.2 Å². The van der Waals surface area contributed by atoms with E-state index in [2.05, 4.69) is 56.0 Å². The van der Waals surface area contributed by atoms with Crippen LogP contribution < -0.4 is 5.73 Å². The van der Waals surface area contributed by atoms with Crippen LogP contribution in [0.2, 0.25) is 0 Å². The molecule has 2 nitrogen and oxygen atoms in total. The Balaban J connectivity index is 2.05. The molecule has 0 spiro atoms. The summed E-state index contributed by atoms with van der Waals surface area (Å²) >= 11 is 0. The van der Waals surface area contributed by atoms with Gasteiger partial charge in [0, 0.05) is 12.6 Å². The Morgan fingerprint density at radius 2 is 1.85 bits per heavy atom. The van der Waals surface area contributed by atoms with Crippen LogP contribution in [0.3, 0.4) is 0 Å². The van der Waals surface area contributed by atoms with Gasteiger partial charge in [-0.15, -0.1) is 0 Å². The third-order valence-electron chi connectivity index (χ3n) is 4.84. The molecule has 0 radical (unpaired) electrons. The fourth-order valence-corrected chi connectivity index (χ4v) is 3.47. The van der Waals surface area contributed by atoms with Crippen LogP contribution in [0.4, 0.5) is 0 Å². The second kappa shape index (κ2) is 6.73. The standard InChI is InChI=1S/C18H30N2/c1-18(2,3)16-10-7-12-20(13-11-16)17(14-19)15-8-5-4-6-9-15/h4-6,8-9,16-17H,7,10-14,19H2,1-3H3. The first kappa shape index (κ1) is 15.5. The van der Waals surface area contributed by atoms with Gasteiger partial charge in [0.05, 0.1) is 0 Å². The first-order chi connectivity index (χ1) is 9.52. The largest absolute Gasteiger partial charge is 0.329 e. The highest BCUT2D eigenvalue weighted by atomic mass is 15.2. The maximum absolute atomic E-state index is 6.07. The Hall–Kier alpha value is -0.860. The summed E-state index contributed by atoms with van der Waals surface area (Å²) in [5.41, 5.74) is 7.86. The summed E-state index contributed by atoms with van der Waals surface area (Å²) in [5, 5.41) is 0. The van der Waals surface area contributed by atoms with E-state index in [1.165, 1.54) is 37.9 Å². The van der Waals surface area contributed by atoms with Crippen molar-refractivity contribution in [2.75, 3.05) is 19.6 Å². The summed E-state index contributed by atoms with van der Waals surface area (Å²) in [7, 11) is 0. The molecular weight excluding hydrogens is 244 g/mol. The molecule has 1 aromatic carbocycles. The molecule has 1 aliphatic heterocycles. The van der Waals surface area contributed by atoms with Crippen molar-refractivity contribution >= 4 is 0 Å². The topological polar surface area (TPSA) is 29.3 Å². The van der Waals surface area contributed by atoms with Crippen LogP contribution in [-0.4, -0.2) is 24.5 Å². The summed E-state index contributed by atoms with van der Waals surface area (Å²) in [6, 6.07) is 11.1. The van der Waals surface area contributed by atoms with Gasteiger partial charge >= 0.3 is 0 Å². The van der Waals surface area contributed by atoms with Crippen LogP contribution in [0, 0.1) is 11.3 Å². The van der Waals surface area contributed by atoms with Crippen LogP contribution in [0.1, 0.15) is 51.6 Å². The number of hydrogen-bond acceptors (Lipinski definition) is 2. The Kier molecular flexibility index (Phi) is 5.22. The van der Waals surface area contributed by atoms with Gasteiger partial charge in [-0.1, -0.05) is 51.1 Å². The maximum Gasteiger partial charge on any atom is 0.0470 e. The number of likely N-dealkylation sites (tertiary alicyclic amines) is 1. The lowest BCUT2D eigenvalue weighted by molar-refractivity contribution is 0.185. The van der Waals surface area contributed by atoms with Gasteiger partial charge in [0.2, 0.25) is 0 Å². The molecule has 0 aliphatic carbocycles. The number of hydrogen-bond donors (Lipinski definition) is 1. The summed E-state index contributed by atoms with van der Waals surface area (Å²) < 4.78 is 0. The minimum atomic E-state index is 0.384. The highest BCUT2D eigenvalue weighted by Crippen LogP contribution is 2.35. The summed E-state index contributed by atoms with van der Waals surface area (Å²) in [4.78, 5) is 2.60. The Morgan fingerprint density at radius 1 is 1.15 bits per heavy atom. The van der Waals surface area contributed by atoms with E-state index in [9.17, 15) is 0 Å². The first-order valence-electron chi connectivity index (χ1n) is 8.01. The van der Waals surface area contributed by atoms with Gasteiger partial charge < -0.3 is 5.73 Å². The minimum absolute atomic E-state index is 0.384. The molecule has 2 heteroatoms. The smallest absolute Gasteiger partial charge is 0.0470 e. The lowest BCUT2D eigenvalue weighted by Crippen LogP contribution is -2.35. The molecular formula is C18H30N2. The Labute approximate surface area is 124 Å². The molecule has 0 aromatic heterocycles. The molecule has 2 N–H and O–H groups in total. The molecule has 0 saturated carbocycles. The Bertz CT molecular complexity index is 394. The Morgan fingerprint density at radius 3 is 2.45 bits per heavy atom. The van der Waals surface area contributed by atoms with Gasteiger partial charge in [0.15, 0.2) is 0 Å². The van der Waals surface area contributed by atoms with Crippen LogP contribution in [0.15, 0.2) is 30.3 Å². The average molecular weight is 274 g/mol.